The topological polar surface area (TPSA) is 127 Å². The summed E-state index contributed by atoms with van der Waals surface area (Å²) in [6.07, 6.45) is 0.967. The van der Waals surface area contributed by atoms with E-state index in [1.165, 1.54) is 18.1 Å². The molecule has 3 aromatic rings. The van der Waals surface area contributed by atoms with Gasteiger partial charge in [-0.2, -0.15) is 0 Å². The smallest absolute Gasteiger partial charge is 0.397 e. The predicted octanol–water partition coefficient (Wildman–Crippen LogP) is 5.05. The van der Waals surface area contributed by atoms with Crippen LogP contribution in [-0.4, -0.2) is 57.5 Å². The largest absolute Gasteiger partial charge is 0.468 e. The van der Waals surface area contributed by atoms with Crippen LogP contribution in [0.4, 0.5) is 5.69 Å². The Bertz CT molecular complexity index is 1550. The van der Waals surface area contributed by atoms with E-state index in [0.29, 0.717) is 41.2 Å². The first-order valence-corrected chi connectivity index (χ1v) is 14.7. The molecule has 11 heteroatoms. The van der Waals surface area contributed by atoms with Gasteiger partial charge in [0, 0.05) is 19.1 Å². The summed E-state index contributed by atoms with van der Waals surface area (Å²) in [6, 6.07) is 15.2. The summed E-state index contributed by atoms with van der Waals surface area (Å²) in [4.78, 5) is 53.8. The van der Waals surface area contributed by atoms with Crippen LogP contribution in [-0.2, 0) is 43.2 Å². The molecule has 0 N–H and O–H groups in total. The van der Waals surface area contributed by atoms with Crippen LogP contribution in [0.2, 0.25) is 0 Å². The second kappa shape index (κ2) is 15.7. The highest BCUT2D eigenvalue weighted by Gasteiger charge is 2.30. The van der Waals surface area contributed by atoms with E-state index in [1.54, 1.807) is 50.2 Å². The molecular weight excluding hydrogens is 582 g/mol. The highest BCUT2D eigenvalue weighted by Crippen LogP contribution is 2.37. The predicted molar refractivity (Wildman–Crippen MR) is 164 cm³/mol. The van der Waals surface area contributed by atoms with Gasteiger partial charge in [-0.05, 0) is 85.8 Å². The summed E-state index contributed by atoms with van der Waals surface area (Å²) in [5.41, 5.74) is 3.13. The Hall–Kier alpha value is -4.90. The third-order valence-corrected chi connectivity index (χ3v) is 7.08. The van der Waals surface area contributed by atoms with Gasteiger partial charge in [-0.3, -0.25) is 14.5 Å². The molecule has 0 radical (unpaired) electrons. The van der Waals surface area contributed by atoms with Gasteiger partial charge in [0.2, 0.25) is 6.79 Å². The van der Waals surface area contributed by atoms with Crippen LogP contribution in [0.15, 0.2) is 54.6 Å². The summed E-state index contributed by atoms with van der Waals surface area (Å²) in [6.45, 7) is 5.53. The third kappa shape index (κ3) is 8.18. The van der Waals surface area contributed by atoms with E-state index >= 15 is 0 Å². The van der Waals surface area contributed by atoms with E-state index < -0.39 is 17.8 Å². The number of hydrogen-bond acceptors (Lipinski definition) is 10. The lowest BCUT2D eigenvalue weighted by atomic mass is 9.98. The summed E-state index contributed by atoms with van der Waals surface area (Å²) in [5.74, 6) is -1.27. The van der Waals surface area contributed by atoms with Gasteiger partial charge < -0.3 is 28.4 Å². The number of carbonyl (C=O) groups is 4. The number of carbonyl (C=O) groups excluding carboxylic acids is 4. The van der Waals surface area contributed by atoms with Gasteiger partial charge in [-0.1, -0.05) is 19.1 Å². The zero-order chi connectivity index (χ0) is 32.3. The molecule has 45 heavy (non-hydrogen) atoms. The molecule has 0 unspecified atom stereocenters. The number of anilines is 1. The minimum absolute atomic E-state index is 0.00307. The molecule has 3 aromatic carbocycles. The standard InChI is InChI=1S/C34H37NO10/c1-5-23-16-30-31(45-21-44-30)17-25(23)19-35(32(37)34(39)42-7-3)28-13-12-26(43-20-40-4)18-27(28)29(36)14-11-22-9-8-10-24(15-22)33(38)41-6-2/h8-10,12-13,15-18H,5-7,11,14,19-21H2,1-4H3. The van der Waals surface area contributed by atoms with Crippen molar-refractivity contribution in [2.24, 2.45) is 0 Å². The van der Waals surface area contributed by atoms with Gasteiger partial charge in [0.1, 0.15) is 5.75 Å². The molecule has 1 aliphatic rings. The fourth-order valence-electron chi connectivity index (χ4n) is 4.89. The molecule has 0 saturated carbocycles. The molecule has 0 bridgehead atoms. The molecule has 1 aliphatic heterocycles. The Labute approximate surface area is 261 Å². The van der Waals surface area contributed by atoms with E-state index in [1.807, 2.05) is 19.1 Å². The maximum atomic E-state index is 13.9. The summed E-state index contributed by atoms with van der Waals surface area (Å²) in [5, 5.41) is 0. The maximum absolute atomic E-state index is 13.9. The second-order valence-corrected chi connectivity index (χ2v) is 10.0. The number of ether oxygens (including phenoxy) is 6. The van der Waals surface area contributed by atoms with Gasteiger partial charge in [-0.15, -0.1) is 0 Å². The van der Waals surface area contributed by atoms with Crippen LogP contribution < -0.4 is 19.1 Å². The summed E-state index contributed by atoms with van der Waals surface area (Å²) in [7, 11) is 1.47. The van der Waals surface area contributed by atoms with Crippen LogP contribution in [0.5, 0.6) is 17.2 Å². The van der Waals surface area contributed by atoms with Crippen molar-refractivity contribution in [3.63, 3.8) is 0 Å². The quantitative estimate of drug-likeness (QED) is 0.105. The Morgan fingerprint density at radius 1 is 0.867 bits per heavy atom. The number of hydrogen-bond donors (Lipinski definition) is 0. The van der Waals surface area contributed by atoms with Crippen molar-refractivity contribution in [1.29, 1.82) is 0 Å². The molecule has 1 heterocycles. The number of esters is 2. The third-order valence-electron chi connectivity index (χ3n) is 7.08. The molecular formula is C34H37NO10. The van der Waals surface area contributed by atoms with Crippen molar-refractivity contribution in [2.45, 2.75) is 46.6 Å². The van der Waals surface area contributed by atoms with E-state index in [2.05, 4.69) is 0 Å². The maximum Gasteiger partial charge on any atom is 0.397 e. The lowest BCUT2D eigenvalue weighted by molar-refractivity contribution is -0.153. The zero-order valence-corrected chi connectivity index (χ0v) is 25.9. The number of ketones is 1. The molecule has 1 amide bonds. The first-order valence-electron chi connectivity index (χ1n) is 14.7. The fourth-order valence-corrected chi connectivity index (χ4v) is 4.89. The molecule has 0 aromatic heterocycles. The average Bonchev–Trinajstić information content (AvgIpc) is 3.52. The Balaban J connectivity index is 1.72. The minimum atomic E-state index is -1.05. The lowest BCUT2D eigenvalue weighted by Crippen LogP contribution is -2.38. The van der Waals surface area contributed by atoms with Crippen molar-refractivity contribution < 1.29 is 47.6 Å². The van der Waals surface area contributed by atoms with Gasteiger partial charge in [-0.25, -0.2) is 9.59 Å². The average molecular weight is 620 g/mol. The van der Waals surface area contributed by atoms with E-state index in [-0.39, 0.29) is 56.8 Å². The van der Waals surface area contributed by atoms with Crippen molar-refractivity contribution in [2.75, 3.05) is 38.8 Å². The molecule has 0 aliphatic carbocycles. The number of aryl methyl sites for hydroxylation is 2. The van der Waals surface area contributed by atoms with Gasteiger partial charge in [0.05, 0.1) is 31.0 Å². The monoisotopic (exact) mass is 619 g/mol. The summed E-state index contributed by atoms with van der Waals surface area (Å²) >= 11 is 0. The normalized spacial score (nSPS) is 11.6. The van der Waals surface area contributed by atoms with Crippen LogP contribution >= 0.6 is 0 Å². The molecule has 4 rings (SSSR count). The van der Waals surface area contributed by atoms with Crippen LogP contribution in [0.25, 0.3) is 0 Å². The molecule has 11 nitrogen and oxygen atoms in total. The van der Waals surface area contributed by atoms with Crippen LogP contribution in [0, 0.1) is 0 Å². The van der Waals surface area contributed by atoms with Crippen LogP contribution in [0.3, 0.4) is 0 Å². The SMILES string of the molecule is CCOC(=O)C(=O)N(Cc1cc2c(cc1CC)OCO2)c1ccc(OCOC)cc1C(=O)CCc1cccc(C(=O)OCC)c1. The van der Waals surface area contributed by atoms with Gasteiger partial charge >= 0.3 is 17.8 Å². The summed E-state index contributed by atoms with van der Waals surface area (Å²) < 4.78 is 31.9. The zero-order valence-electron chi connectivity index (χ0n) is 25.9. The Kier molecular flexibility index (Phi) is 11.5. The minimum Gasteiger partial charge on any atom is -0.468 e. The van der Waals surface area contributed by atoms with E-state index in [4.69, 9.17) is 28.4 Å². The Morgan fingerprint density at radius 3 is 2.29 bits per heavy atom. The van der Waals surface area contributed by atoms with Crippen molar-refractivity contribution in [3.05, 3.63) is 82.4 Å². The highest BCUT2D eigenvalue weighted by molar-refractivity contribution is 6.38. The number of Topliss-reactive ketones (excluding diaryl/α,β-unsaturated/α-hetero) is 1. The second-order valence-electron chi connectivity index (χ2n) is 10.0. The van der Waals surface area contributed by atoms with E-state index in [9.17, 15) is 19.2 Å². The first-order chi connectivity index (χ1) is 21.8. The van der Waals surface area contributed by atoms with Gasteiger partial charge in [0.25, 0.3) is 0 Å². The number of fused-ring (bicyclic) bond motifs is 1. The molecule has 0 atom stereocenters. The van der Waals surface area contributed by atoms with Crippen molar-refractivity contribution in [3.8, 4) is 17.2 Å². The number of rotatable bonds is 14. The first kappa shape index (κ1) is 33.0. The number of amides is 1. The Morgan fingerprint density at radius 2 is 1.60 bits per heavy atom. The van der Waals surface area contributed by atoms with Crippen LogP contribution in [0.1, 0.15) is 64.6 Å². The van der Waals surface area contributed by atoms with Gasteiger partial charge in [0.15, 0.2) is 24.1 Å². The highest BCUT2D eigenvalue weighted by atomic mass is 16.7. The molecule has 0 spiro atoms. The number of methoxy groups -OCH3 is 1. The fraction of sp³-hybridized carbons (Fsp3) is 0.353. The molecule has 238 valence electrons. The van der Waals surface area contributed by atoms with Crippen molar-refractivity contribution >= 4 is 29.3 Å². The van der Waals surface area contributed by atoms with E-state index in [0.717, 1.165) is 11.1 Å². The number of benzene rings is 3. The molecule has 0 fully saturated rings. The number of nitrogens with zero attached hydrogens (tertiary/aromatic N) is 1. The lowest BCUT2D eigenvalue weighted by Gasteiger charge is -2.26. The van der Waals surface area contributed by atoms with Crippen molar-refractivity contribution in [1.82, 2.24) is 0 Å². The molecule has 0 saturated heterocycles.